The Bertz CT molecular complexity index is 735. The lowest BCUT2D eigenvalue weighted by Crippen LogP contribution is -2.49. The van der Waals surface area contributed by atoms with Gasteiger partial charge >= 0.3 is 0 Å². The molecule has 7 heteroatoms. The molecule has 1 amide bonds. The number of amides is 1. The van der Waals surface area contributed by atoms with Gasteiger partial charge in [-0.1, -0.05) is 6.07 Å². The van der Waals surface area contributed by atoms with Gasteiger partial charge in [0.15, 0.2) is 5.69 Å². The van der Waals surface area contributed by atoms with E-state index in [-0.39, 0.29) is 5.91 Å². The number of aromatic nitrogens is 3. The normalized spacial score (nSPS) is 17.4. The molecule has 126 valence electrons. The Morgan fingerprint density at radius 3 is 2.71 bits per heavy atom. The summed E-state index contributed by atoms with van der Waals surface area (Å²) in [6, 6.07) is 5.90. The van der Waals surface area contributed by atoms with Crippen molar-refractivity contribution in [1.29, 1.82) is 0 Å². The van der Waals surface area contributed by atoms with Gasteiger partial charge in [-0.3, -0.25) is 4.79 Å². The predicted molar refractivity (Wildman–Crippen MR) is 89.4 cm³/mol. The van der Waals surface area contributed by atoms with Crippen LogP contribution in [-0.4, -0.2) is 58.4 Å². The Balaban J connectivity index is 1.46. The van der Waals surface area contributed by atoms with E-state index in [4.69, 9.17) is 4.74 Å². The fraction of sp³-hybridized carbons (Fsp3) is 0.471. The molecule has 2 aromatic heterocycles. The number of anilines is 1. The summed E-state index contributed by atoms with van der Waals surface area (Å²) >= 11 is 0. The third kappa shape index (κ3) is 2.60. The maximum absolute atomic E-state index is 12.8. The van der Waals surface area contributed by atoms with Crippen LogP contribution in [0.4, 0.5) is 5.82 Å². The van der Waals surface area contributed by atoms with Gasteiger partial charge in [-0.2, -0.15) is 5.10 Å². The Kier molecular flexibility index (Phi) is 3.84. The summed E-state index contributed by atoms with van der Waals surface area (Å²) in [6.45, 7) is 6.36. The van der Waals surface area contributed by atoms with Crippen molar-refractivity contribution >= 4 is 11.7 Å². The molecule has 0 N–H and O–H groups in total. The Labute approximate surface area is 140 Å². The summed E-state index contributed by atoms with van der Waals surface area (Å²) < 4.78 is 7.48. The highest BCUT2D eigenvalue weighted by atomic mass is 16.5. The van der Waals surface area contributed by atoms with Crippen LogP contribution in [0.3, 0.4) is 0 Å². The summed E-state index contributed by atoms with van der Waals surface area (Å²) in [5.74, 6) is 1.71. The average molecular weight is 327 g/mol. The molecular weight excluding hydrogens is 306 g/mol. The summed E-state index contributed by atoms with van der Waals surface area (Å²) in [7, 11) is 0. The molecule has 0 aliphatic carbocycles. The molecule has 0 aromatic carbocycles. The first-order valence-corrected chi connectivity index (χ1v) is 8.39. The number of hydrogen-bond donors (Lipinski definition) is 0. The second-order valence-corrected chi connectivity index (χ2v) is 6.17. The van der Waals surface area contributed by atoms with Crippen molar-refractivity contribution in [3.05, 3.63) is 35.7 Å². The molecular formula is C17H21N5O2. The van der Waals surface area contributed by atoms with Crippen molar-refractivity contribution in [2.24, 2.45) is 0 Å². The molecule has 4 heterocycles. The van der Waals surface area contributed by atoms with Crippen molar-refractivity contribution in [3.63, 3.8) is 0 Å². The van der Waals surface area contributed by atoms with E-state index in [1.165, 1.54) is 0 Å². The lowest BCUT2D eigenvalue weighted by molar-refractivity contribution is 0.0739. The molecule has 1 fully saturated rings. The molecule has 0 unspecified atom stereocenters. The second-order valence-electron chi connectivity index (χ2n) is 6.17. The van der Waals surface area contributed by atoms with Crippen LogP contribution in [0.5, 0.6) is 5.88 Å². The molecule has 7 nitrogen and oxygen atoms in total. The third-order valence-corrected chi connectivity index (χ3v) is 4.63. The van der Waals surface area contributed by atoms with Gasteiger partial charge in [-0.15, -0.1) is 0 Å². The van der Waals surface area contributed by atoms with Crippen LogP contribution in [0.25, 0.3) is 0 Å². The fourth-order valence-corrected chi connectivity index (χ4v) is 3.29. The zero-order chi connectivity index (χ0) is 16.5. The van der Waals surface area contributed by atoms with Crippen molar-refractivity contribution < 1.29 is 9.53 Å². The second kappa shape index (κ2) is 6.14. The topological polar surface area (TPSA) is 63.5 Å². The molecule has 0 spiro atoms. The molecule has 0 radical (unpaired) electrons. The Hall–Kier alpha value is -2.57. The van der Waals surface area contributed by atoms with Crippen LogP contribution in [0.1, 0.15) is 22.5 Å². The molecule has 2 aliphatic rings. The number of carbonyl (C=O) groups is 1. The van der Waals surface area contributed by atoms with E-state index in [0.717, 1.165) is 43.3 Å². The van der Waals surface area contributed by atoms with Gasteiger partial charge in [0.2, 0.25) is 5.88 Å². The molecule has 0 atom stereocenters. The largest absolute Gasteiger partial charge is 0.478 e. The molecule has 2 aliphatic heterocycles. The van der Waals surface area contributed by atoms with Gasteiger partial charge in [-0.05, 0) is 19.1 Å². The number of ether oxygens (including phenoxy) is 1. The van der Waals surface area contributed by atoms with E-state index in [1.54, 1.807) is 6.20 Å². The smallest absolute Gasteiger partial charge is 0.274 e. The van der Waals surface area contributed by atoms with Crippen LogP contribution in [0.15, 0.2) is 24.4 Å². The number of pyridine rings is 1. The van der Waals surface area contributed by atoms with Gasteiger partial charge in [0, 0.05) is 50.9 Å². The zero-order valence-corrected chi connectivity index (χ0v) is 13.8. The number of carbonyl (C=O) groups excluding carboxylic acids is 1. The molecule has 0 saturated carbocycles. The first kappa shape index (κ1) is 15.0. The van der Waals surface area contributed by atoms with Crippen molar-refractivity contribution in [1.82, 2.24) is 19.7 Å². The number of rotatable bonds is 2. The quantitative estimate of drug-likeness (QED) is 0.833. The van der Waals surface area contributed by atoms with Crippen LogP contribution >= 0.6 is 0 Å². The van der Waals surface area contributed by atoms with Crippen molar-refractivity contribution in [2.75, 3.05) is 37.7 Å². The molecule has 1 saturated heterocycles. The van der Waals surface area contributed by atoms with Crippen molar-refractivity contribution in [2.45, 2.75) is 19.9 Å². The highest BCUT2D eigenvalue weighted by Crippen LogP contribution is 2.26. The molecule has 0 bridgehead atoms. The number of hydrogen-bond acceptors (Lipinski definition) is 5. The van der Waals surface area contributed by atoms with Gasteiger partial charge in [0.1, 0.15) is 5.82 Å². The Morgan fingerprint density at radius 1 is 1.17 bits per heavy atom. The van der Waals surface area contributed by atoms with E-state index in [2.05, 4.69) is 15.0 Å². The summed E-state index contributed by atoms with van der Waals surface area (Å²) in [5.41, 5.74) is 1.38. The van der Waals surface area contributed by atoms with E-state index < -0.39 is 0 Å². The van der Waals surface area contributed by atoms with Crippen LogP contribution in [-0.2, 0) is 6.54 Å². The van der Waals surface area contributed by atoms with E-state index in [0.29, 0.717) is 25.4 Å². The lowest BCUT2D eigenvalue weighted by atomic mass is 10.2. The number of nitrogens with zero attached hydrogens (tertiary/aromatic N) is 5. The van der Waals surface area contributed by atoms with Gasteiger partial charge in [0.25, 0.3) is 5.91 Å². The van der Waals surface area contributed by atoms with E-state index in [9.17, 15) is 4.79 Å². The summed E-state index contributed by atoms with van der Waals surface area (Å²) in [5, 5.41) is 4.48. The van der Waals surface area contributed by atoms with Crippen LogP contribution in [0.2, 0.25) is 0 Å². The van der Waals surface area contributed by atoms with Gasteiger partial charge in [0.05, 0.1) is 6.61 Å². The summed E-state index contributed by atoms with van der Waals surface area (Å²) in [4.78, 5) is 21.3. The van der Waals surface area contributed by atoms with E-state index in [1.807, 2.05) is 34.7 Å². The highest BCUT2D eigenvalue weighted by molar-refractivity contribution is 5.94. The molecule has 4 rings (SSSR count). The zero-order valence-electron chi connectivity index (χ0n) is 13.8. The first-order chi connectivity index (χ1) is 11.7. The van der Waals surface area contributed by atoms with Crippen molar-refractivity contribution in [3.8, 4) is 5.88 Å². The maximum atomic E-state index is 12.8. The standard InChI is InChI=1S/C17H21N5O2/c1-13-15(19-22-7-4-12-24-17(13)22)16(23)21-10-8-20(9-11-21)14-5-2-3-6-18-14/h2-3,5-6H,4,7-12H2,1H3. The summed E-state index contributed by atoms with van der Waals surface area (Å²) in [6.07, 6.45) is 2.73. The van der Waals surface area contributed by atoms with Crippen LogP contribution < -0.4 is 9.64 Å². The number of fused-ring (bicyclic) bond motifs is 1. The van der Waals surface area contributed by atoms with Crippen LogP contribution in [0, 0.1) is 6.92 Å². The van der Waals surface area contributed by atoms with Gasteiger partial charge in [-0.25, -0.2) is 9.67 Å². The maximum Gasteiger partial charge on any atom is 0.274 e. The molecule has 24 heavy (non-hydrogen) atoms. The average Bonchev–Trinajstić information content (AvgIpc) is 2.99. The SMILES string of the molecule is Cc1c(C(=O)N2CCN(c3ccccn3)CC2)nn2c1OCCC2. The molecule has 2 aromatic rings. The minimum atomic E-state index is -0.00123. The fourth-order valence-electron chi connectivity index (χ4n) is 3.29. The highest BCUT2D eigenvalue weighted by Gasteiger charge is 2.29. The predicted octanol–water partition coefficient (Wildman–Crippen LogP) is 1.33. The minimum absolute atomic E-state index is 0.00123. The number of piperazine rings is 1. The third-order valence-electron chi connectivity index (χ3n) is 4.63. The monoisotopic (exact) mass is 327 g/mol. The lowest BCUT2D eigenvalue weighted by Gasteiger charge is -2.35. The van der Waals surface area contributed by atoms with E-state index >= 15 is 0 Å². The number of aryl methyl sites for hydroxylation is 1. The van der Waals surface area contributed by atoms with Gasteiger partial charge < -0.3 is 14.5 Å². The minimum Gasteiger partial charge on any atom is -0.478 e. The first-order valence-electron chi connectivity index (χ1n) is 8.39. The Morgan fingerprint density at radius 2 is 2.00 bits per heavy atom.